The Labute approximate surface area is 145 Å². The Bertz CT molecular complexity index is 855. The van der Waals surface area contributed by atoms with E-state index in [0.717, 1.165) is 16.7 Å². The molecule has 0 atom stereocenters. The summed E-state index contributed by atoms with van der Waals surface area (Å²) in [5.74, 6) is 2.05. The second-order valence-electron chi connectivity index (χ2n) is 6.15. The highest BCUT2D eigenvalue weighted by atomic mass is 16.7. The van der Waals surface area contributed by atoms with E-state index >= 15 is 0 Å². The molecule has 0 radical (unpaired) electrons. The zero-order chi connectivity index (χ0) is 17.6. The van der Waals surface area contributed by atoms with E-state index in [-0.39, 0.29) is 12.9 Å². The van der Waals surface area contributed by atoms with Gasteiger partial charge >= 0.3 is 5.97 Å². The highest BCUT2D eigenvalue weighted by molar-refractivity contribution is 5.96. The van der Waals surface area contributed by atoms with E-state index in [9.17, 15) is 4.79 Å². The van der Waals surface area contributed by atoms with Crippen LogP contribution in [0.4, 0.5) is 0 Å². The lowest BCUT2D eigenvalue weighted by Crippen LogP contribution is -2.13. The molecule has 25 heavy (non-hydrogen) atoms. The normalized spacial score (nSPS) is 13.8. The number of carbonyl (C=O) groups excluding carboxylic acids is 1. The Morgan fingerprint density at radius 2 is 1.76 bits per heavy atom. The highest BCUT2D eigenvalue weighted by Crippen LogP contribution is 2.46. The van der Waals surface area contributed by atoms with Gasteiger partial charge in [0, 0.05) is 17.2 Å². The zero-order valence-electron chi connectivity index (χ0n) is 14.3. The topological polar surface area (TPSA) is 63.2 Å². The Hall–Kier alpha value is -2.89. The molecule has 2 aromatic rings. The van der Waals surface area contributed by atoms with Gasteiger partial charge in [-0.25, -0.2) is 4.79 Å². The molecule has 0 spiro atoms. The third-order valence-electron chi connectivity index (χ3n) is 4.12. The first-order valence-electron chi connectivity index (χ1n) is 8.05. The van der Waals surface area contributed by atoms with Crippen molar-refractivity contribution in [3.05, 3.63) is 35.4 Å². The second-order valence-corrected chi connectivity index (χ2v) is 6.15. The number of esters is 1. The Morgan fingerprint density at radius 3 is 2.48 bits per heavy atom. The van der Waals surface area contributed by atoms with E-state index in [4.69, 9.17) is 23.7 Å². The van der Waals surface area contributed by atoms with Crippen molar-refractivity contribution in [1.82, 2.24) is 0 Å². The average molecular weight is 342 g/mol. The molecule has 4 rings (SSSR count). The second kappa shape index (κ2) is 5.88. The molecular weight excluding hydrogens is 324 g/mol. The molecule has 2 heterocycles. The number of methoxy groups -OCH3 is 1. The lowest BCUT2D eigenvalue weighted by atomic mass is 9.94. The van der Waals surface area contributed by atoms with E-state index in [1.807, 2.05) is 26.0 Å². The Balaban J connectivity index is 1.87. The average Bonchev–Trinajstić information content (AvgIpc) is 3.05. The minimum atomic E-state index is -0.452. The van der Waals surface area contributed by atoms with E-state index < -0.39 is 5.97 Å². The zero-order valence-corrected chi connectivity index (χ0v) is 14.3. The summed E-state index contributed by atoms with van der Waals surface area (Å²) in [6.45, 7) is 4.42. The van der Waals surface area contributed by atoms with Gasteiger partial charge in [-0.05, 0) is 37.6 Å². The van der Waals surface area contributed by atoms with Crippen molar-refractivity contribution in [1.29, 1.82) is 0 Å². The lowest BCUT2D eigenvalue weighted by molar-refractivity contribution is 0.0594. The molecule has 6 heteroatoms. The number of hydrogen-bond acceptors (Lipinski definition) is 6. The molecule has 0 N–H and O–H groups in total. The summed E-state index contributed by atoms with van der Waals surface area (Å²) in [6, 6.07) is 7.33. The molecule has 2 aliphatic rings. The van der Waals surface area contributed by atoms with Gasteiger partial charge in [0.25, 0.3) is 0 Å². The number of ether oxygens (including phenoxy) is 5. The number of carbonyl (C=O) groups is 1. The Morgan fingerprint density at radius 1 is 1.00 bits per heavy atom. The standard InChI is InChI=1S/C19H18O6/c1-10(2)25-16-7-15-13(5-14(16)19(20)21-3)12-6-18-17(23-9-24-18)4-11(12)8-22-15/h4-7,10H,8-9H2,1-3H3. The van der Waals surface area contributed by atoms with Crippen LogP contribution in [-0.4, -0.2) is 26.0 Å². The fourth-order valence-electron chi connectivity index (χ4n) is 3.02. The fraction of sp³-hybridized carbons (Fsp3) is 0.316. The van der Waals surface area contributed by atoms with Gasteiger partial charge in [-0.15, -0.1) is 0 Å². The number of hydrogen-bond donors (Lipinski definition) is 0. The third kappa shape index (κ3) is 2.63. The molecule has 0 unspecified atom stereocenters. The van der Waals surface area contributed by atoms with Crippen LogP contribution in [0.2, 0.25) is 0 Å². The van der Waals surface area contributed by atoms with E-state index in [2.05, 4.69) is 0 Å². The van der Waals surface area contributed by atoms with Crippen molar-refractivity contribution in [2.75, 3.05) is 13.9 Å². The van der Waals surface area contributed by atoms with Crippen LogP contribution in [0.25, 0.3) is 11.1 Å². The van der Waals surface area contributed by atoms with Crippen molar-refractivity contribution in [3.8, 4) is 34.1 Å². The van der Waals surface area contributed by atoms with Crippen molar-refractivity contribution in [2.24, 2.45) is 0 Å². The molecular formula is C19H18O6. The van der Waals surface area contributed by atoms with Crippen LogP contribution in [0, 0.1) is 0 Å². The van der Waals surface area contributed by atoms with Gasteiger partial charge < -0.3 is 23.7 Å². The van der Waals surface area contributed by atoms with Gasteiger partial charge in [0.05, 0.1) is 13.2 Å². The summed E-state index contributed by atoms with van der Waals surface area (Å²) in [5.41, 5.74) is 3.09. The monoisotopic (exact) mass is 342 g/mol. The predicted octanol–water partition coefficient (Wildman–Crippen LogP) is 3.55. The number of benzene rings is 2. The minimum absolute atomic E-state index is 0.0776. The fourth-order valence-corrected chi connectivity index (χ4v) is 3.02. The maximum Gasteiger partial charge on any atom is 0.341 e. The summed E-state index contributed by atoms with van der Waals surface area (Å²) in [4.78, 5) is 12.2. The summed E-state index contributed by atoms with van der Waals surface area (Å²) >= 11 is 0. The smallest absolute Gasteiger partial charge is 0.341 e. The van der Waals surface area contributed by atoms with Crippen molar-refractivity contribution in [3.63, 3.8) is 0 Å². The van der Waals surface area contributed by atoms with Gasteiger partial charge in [0.15, 0.2) is 11.5 Å². The summed E-state index contributed by atoms with van der Waals surface area (Å²) < 4.78 is 27.4. The van der Waals surface area contributed by atoms with Crippen LogP contribution in [-0.2, 0) is 11.3 Å². The lowest BCUT2D eigenvalue weighted by Gasteiger charge is -2.23. The van der Waals surface area contributed by atoms with Crippen LogP contribution in [0.5, 0.6) is 23.0 Å². The maximum absolute atomic E-state index is 12.2. The van der Waals surface area contributed by atoms with Crippen LogP contribution in [0.3, 0.4) is 0 Å². The summed E-state index contributed by atoms with van der Waals surface area (Å²) in [5, 5.41) is 0. The molecule has 0 aliphatic carbocycles. The number of fused-ring (bicyclic) bond motifs is 4. The minimum Gasteiger partial charge on any atom is -0.490 e. The van der Waals surface area contributed by atoms with Crippen LogP contribution < -0.4 is 18.9 Å². The molecule has 2 aromatic carbocycles. The molecule has 0 bridgehead atoms. The summed E-state index contributed by atoms with van der Waals surface area (Å²) in [7, 11) is 1.35. The van der Waals surface area contributed by atoms with Crippen LogP contribution in [0.1, 0.15) is 29.8 Å². The van der Waals surface area contributed by atoms with Gasteiger partial charge in [0.1, 0.15) is 23.7 Å². The largest absolute Gasteiger partial charge is 0.490 e. The first kappa shape index (κ1) is 15.6. The first-order valence-corrected chi connectivity index (χ1v) is 8.05. The van der Waals surface area contributed by atoms with Crippen molar-refractivity contribution in [2.45, 2.75) is 26.6 Å². The van der Waals surface area contributed by atoms with Crippen molar-refractivity contribution < 1.29 is 28.5 Å². The first-order chi connectivity index (χ1) is 12.1. The van der Waals surface area contributed by atoms with Gasteiger partial charge in [0.2, 0.25) is 6.79 Å². The summed E-state index contributed by atoms with van der Waals surface area (Å²) in [6.07, 6.45) is -0.0776. The molecule has 0 saturated heterocycles. The van der Waals surface area contributed by atoms with Gasteiger partial charge in [-0.1, -0.05) is 0 Å². The number of rotatable bonds is 3. The third-order valence-corrected chi connectivity index (χ3v) is 4.12. The van der Waals surface area contributed by atoms with E-state index in [1.165, 1.54) is 7.11 Å². The van der Waals surface area contributed by atoms with Crippen molar-refractivity contribution >= 4 is 5.97 Å². The van der Waals surface area contributed by atoms with Gasteiger partial charge in [-0.2, -0.15) is 0 Å². The molecule has 0 saturated carbocycles. The molecule has 6 nitrogen and oxygen atoms in total. The van der Waals surface area contributed by atoms with Crippen LogP contribution in [0.15, 0.2) is 24.3 Å². The molecule has 130 valence electrons. The molecule has 0 aromatic heterocycles. The highest BCUT2D eigenvalue weighted by Gasteiger charge is 2.27. The van der Waals surface area contributed by atoms with E-state index in [0.29, 0.717) is 35.2 Å². The Kier molecular flexibility index (Phi) is 3.67. The van der Waals surface area contributed by atoms with Gasteiger partial charge in [-0.3, -0.25) is 0 Å². The van der Waals surface area contributed by atoms with Crippen LogP contribution >= 0.6 is 0 Å². The SMILES string of the molecule is COC(=O)c1cc2c(cc1OC(C)C)OCc1cc3c(cc1-2)OCO3. The van der Waals surface area contributed by atoms with E-state index in [1.54, 1.807) is 12.1 Å². The molecule has 0 fully saturated rings. The predicted molar refractivity (Wildman–Crippen MR) is 89.4 cm³/mol. The maximum atomic E-state index is 12.2. The molecule has 0 amide bonds. The quantitative estimate of drug-likeness (QED) is 0.795. The molecule has 2 aliphatic heterocycles.